The quantitative estimate of drug-likeness (QED) is 0.203. The van der Waals surface area contributed by atoms with Crippen LogP contribution in [0.3, 0.4) is 0 Å². The molecular formula is C32H30F3NO5. The topological polar surface area (TPSA) is 84.9 Å². The zero-order valence-electron chi connectivity index (χ0n) is 22.1. The van der Waals surface area contributed by atoms with Crippen LogP contribution >= 0.6 is 0 Å². The minimum absolute atomic E-state index is 0.106. The highest BCUT2D eigenvalue weighted by atomic mass is 19.4. The Hall–Kier alpha value is -4.21. The minimum Gasteiger partial charge on any atom is -0.475 e. The molecule has 1 aliphatic rings. The van der Waals surface area contributed by atoms with Crippen LogP contribution in [-0.4, -0.2) is 42.4 Å². The number of hydrogen-bond acceptors (Lipinski definition) is 5. The van der Waals surface area contributed by atoms with E-state index in [1.54, 1.807) is 12.1 Å². The Morgan fingerprint density at radius 2 is 1.49 bits per heavy atom. The molecule has 0 saturated carbocycles. The summed E-state index contributed by atoms with van der Waals surface area (Å²) in [4.78, 5) is 21.2. The first-order chi connectivity index (χ1) is 19.7. The fraction of sp³-hybridized carbons (Fsp3) is 0.250. The van der Waals surface area contributed by atoms with E-state index in [1.807, 2.05) is 30.3 Å². The van der Waals surface area contributed by atoms with Gasteiger partial charge >= 0.3 is 18.1 Å². The highest BCUT2D eigenvalue weighted by Crippen LogP contribution is 2.29. The number of carbonyl (C=O) groups is 2. The molecule has 214 valence electrons. The molecule has 4 aromatic rings. The van der Waals surface area contributed by atoms with Gasteiger partial charge in [-0.15, -0.1) is 0 Å². The van der Waals surface area contributed by atoms with E-state index >= 15 is 0 Å². The first-order valence-electron chi connectivity index (χ1n) is 13.1. The fourth-order valence-electron chi connectivity index (χ4n) is 4.62. The lowest BCUT2D eigenvalue weighted by molar-refractivity contribution is -0.192. The first-order valence-corrected chi connectivity index (χ1v) is 13.1. The summed E-state index contributed by atoms with van der Waals surface area (Å²) in [6.45, 7) is 2.41. The molecule has 1 saturated heterocycles. The van der Waals surface area contributed by atoms with Gasteiger partial charge in [-0.1, -0.05) is 78.9 Å². The minimum atomic E-state index is -5.08. The van der Waals surface area contributed by atoms with Crippen molar-refractivity contribution >= 4 is 22.7 Å². The third-order valence-corrected chi connectivity index (χ3v) is 6.68. The second-order valence-corrected chi connectivity index (χ2v) is 9.64. The van der Waals surface area contributed by atoms with Crippen LogP contribution < -0.4 is 10.1 Å². The predicted molar refractivity (Wildman–Crippen MR) is 149 cm³/mol. The van der Waals surface area contributed by atoms with Gasteiger partial charge in [-0.25, -0.2) is 4.79 Å². The number of nitrogens with one attached hydrogen (secondary N) is 1. The lowest BCUT2D eigenvalue weighted by Crippen LogP contribution is -2.40. The smallest absolute Gasteiger partial charge is 0.475 e. The van der Waals surface area contributed by atoms with Gasteiger partial charge in [0.15, 0.2) is 0 Å². The van der Waals surface area contributed by atoms with Gasteiger partial charge in [-0.2, -0.15) is 13.2 Å². The zero-order chi connectivity index (χ0) is 29.2. The third-order valence-electron chi connectivity index (χ3n) is 6.68. The van der Waals surface area contributed by atoms with Crippen molar-refractivity contribution in [1.29, 1.82) is 0 Å². The maximum absolute atomic E-state index is 12.3. The summed E-state index contributed by atoms with van der Waals surface area (Å²) in [5.41, 5.74) is 3.40. The number of para-hydroxylation sites is 1. The van der Waals surface area contributed by atoms with E-state index < -0.39 is 12.1 Å². The van der Waals surface area contributed by atoms with Crippen LogP contribution in [0.4, 0.5) is 13.2 Å². The summed E-state index contributed by atoms with van der Waals surface area (Å²) in [7, 11) is 0. The Morgan fingerprint density at radius 3 is 2.17 bits per heavy atom. The molecule has 0 spiro atoms. The second-order valence-electron chi connectivity index (χ2n) is 9.64. The van der Waals surface area contributed by atoms with Gasteiger partial charge in [0.2, 0.25) is 0 Å². The first kappa shape index (κ1) is 29.8. The standard InChI is InChI=1S/C30H29NO3.C2HF3O2/c32-30(34-27-8-2-1-3-9-27)19-22-10-14-25(15-11-22)28-16-17-31-20-29(28)33-21-23-12-13-24-6-4-5-7-26(24)18-23;3-2(4,5)1(6)7/h1-15,18,28-29,31H,16-17,19-21H2;(H,6,7). The Labute approximate surface area is 235 Å². The van der Waals surface area contributed by atoms with Crippen molar-refractivity contribution in [3.8, 4) is 5.75 Å². The highest BCUT2D eigenvalue weighted by Gasteiger charge is 2.38. The molecule has 0 aromatic heterocycles. The second kappa shape index (κ2) is 13.9. The summed E-state index contributed by atoms with van der Waals surface area (Å²) >= 11 is 0. The highest BCUT2D eigenvalue weighted by molar-refractivity contribution is 5.83. The van der Waals surface area contributed by atoms with Crippen LogP contribution in [0.1, 0.15) is 29.0 Å². The maximum atomic E-state index is 12.3. The van der Waals surface area contributed by atoms with Crippen LogP contribution in [0.15, 0.2) is 97.1 Å². The number of halogens is 3. The van der Waals surface area contributed by atoms with Crippen molar-refractivity contribution in [1.82, 2.24) is 5.32 Å². The summed E-state index contributed by atoms with van der Waals surface area (Å²) in [6.07, 6.45) is -3.70. The number of hydrogen-bond donors (Lipinski definition) is 2. The molecule has 1 aliphatic heterocycles. The van der Waals surface area contributed by atoms with Gasteiger partial charge in [0.05, 0.1) is 19.1 Å². The van der Waals surface area contributed by atoms with E-state index in [9.17, 15) is 18.0 Å². The zero-order valence-corrected chi connectivity index (χ0v) is 22.1. The molecule has 0 amide bonds. The van der Waals surface area contributed by atoms with Crippen molar-refractivity contribution in [2.24, 2.45) is 0 Å². The Balaban J connectivity index is 0.000000493. The van der Waals surface area contributed by atoms with Gasteiger partial charge in [-0.3, -0.25) is 4.79 Å². The van der Waals surface area contributed by atoms with E-state index in [0.717, 1.165) is 25.1 Å². The van der Waals surface area contributed by atoms with Gasteiger partial charge in [0.1, 0.15) is 5.75 Å². The Kier molecular flexibility index (Phi) is 10.1. The number of fused-ring (bicyclic) bond motifs is 1. The molecule has 2 unspecified atom stereocenters. The van der Waals surface area contributed by atoms with E-state index in [2.05, 4.69) is 59.9 Å². The summed E-state index contributed by atoms with van der Waals surface area (Å²) in [5.74, 6) is -2.11. The maximum Gasteiger partial charge on any atom is 0.490 e. The number of alkyl halides is 3. The number of rotatable bonds is 7. The van der Waals surface area contributed by atoms with Crippen molar-refractivity contribution < 1.29 is 37.3 Å². The van der Waals surface area contributed by atoms with E-state index in [1.165, 1.54) is 21.9 Å². The molecule has 9 heteroatoms. The molecule has 2 N–H and O–H groups in total. The number of ether oxygens (including phenoxy) is 2. The molecule has 0 radical (unpaired) electrons. The summed E-state index contributed by atoms with van der Waals surface area (Å²) < 4.78 is 43.6. The molecule has 0 bridgehead atoms. The molecule has 1 fully saturated rings. The molecule has 6 nitrogen and oxygen atoms in total. The summed E-state index contributed by atoms with van der Waals surface area (Å²) in [6, 6.07) is 32.4. The molecule has 4 aromatic carbocycles. The number of benzene rings is 4. The van der Waals surface area contributed by atoms with Gasteiger partial charge in [0, 0.05) is 12.5 Å². The molecule has 0 aliphatic carbocycles. The lowest BCUT2D eigenvalue weighted by atomic mass is 9.87. The lowest BCUT2D eigenvalue weighted by Gasteiger charge is -2.32. The molecule has 5 rings (SSSR count). The SMILES string of the molecule is O=C(Cc1ccc(C2CCNCC2OCc2ccc3ccccc3c2)cc1)Oc1ccccc1.O=C(O)C(F)(F)F. The number of piperidine rings is 1. The average molecular weight is 566 g/mol. The molecular weight excluding hydrogens is 535 g/mol. The summed E-state index contributed by atoms with van der Waals surface area (Å²) in [5, 5.41) is 13.1. The van der Waals surface area contributed by atoms with Crippen LogP contribution in [0.25, 0.3) is 10.8 Å². The van der Waals surface area contributed by atoms with E-state index in [4.69, 9.17) is 19.4 Å². The third kappa shape index (κ3) is 8.89. The predicted octanol–water partition coefficient (Wildman–Crippen LogP) is 6.28. The van der Waals surface area contributed by atoms with Gasteiger partial charge in [0.25, 0.3) is 0 Å². The number of carboxylic acid groups (broad SMARTS) is 1. The van der Waals surface area contributed by atoms with Gasteiger partial charge in [-0.05, 0) is 58.6 Å². The molecule has 41 heavy (non-hydrogen) atoms. The largest absolute Gasteiger partial charge is 0.490 e. The van der Waals surface area contributed by atoms with Crippen molar-refractivity contribution in [2.75, 3.05) is 13.1 Å². The normalized spacial score (nSPS) is 16.9. The van der Waals surface area contributed by atoms with Crippen molar-refractivity contribution in [3.63, 3.8) is 0 Å². The van der Waals surface area contributed by atoms with E-state index in [0.29, 0.717) is 18.3 Å². The average Bonchev–Trinajstić information content (AvgIpc) is 2.97. The van der Waals surface area contributed by atoms with Crippen LogP contribution in [0.5, 0.6) is 5.75 Å². The van der Waals surface area contributed by atoms with Crippen LogP contribution in [0, 0.1) is 0 Å². The number of esters is 1. The Bertz CT molecular complexity index is 1440. The number of carboxylic acids is 1. The monoisotopic (exact) mass is 565 g/mol. The van der Waals surface area contributed by atoms with Crippen molar-refractivity contribution in [2.45, 2.75) is 37.6 Å². The number of carbonyl (C=O) groups excluding carboxylic acids is 1. The van der Waals surface area contributed by atoms with Gasteiger partial charge < -0.3 is 19.9 Å². The van der Waals surface area contributed by atoms with Crippen LogP contribution in [-0.2, 0) is 27.4 Å². The fourth-order valence-corrected chi connectivity index (χ4v) is 4.62. The van der Waals surface area contributed by atoms with E-state index in [-0.39, 0.29) is 18.5 Å². The number of aliphatic carboxylic acids is 1. The molecule has 2 atom stereocenters. The van der Waals surface area contributed by atoms with Crippen LogP contribution in [0.2, 0.25) is 0 Å². The molecule has 1 heterocycles. The Morgan fingerprint density at radius 1 is 0.854 bits per heavy atom. The van der Waals surface area contributed by atoms with Crippen molar-refractivity contribution in [3.05, 3.63) is 114 Å².